The van der Waals surface area contributed by atoms with Crippen LogP contribution in [0.2, 0.25) is 0 Å². The van der Waals surface area contributed by atoms with Crippen molar-refractivity contribution in [1.82, 2.24) is 20.4 Å². The van der Waals surface area contributed by atoms with Gasteiger partial charge in [-0.2, -0.15) is 0 Å². The fraction of sp³-hybridized carbons (Fsp3) is 0.800. The van der Waals surface area contributed by atoms with Crippen LogP contribution in [0.1, 0.15) is 121 Å². The van der Waals surface area contributed by atoms with Crippen LogP contribution in [-0.4, -0.2) is 85.8 Å². The second kappa shape index (κ2) is 20.0. The maximum absolute atomic E-state index is 12.5. The Bertz CT molecular complexity index is 1070. The van der Waals surface area contributed by atoms with Crippen LogP contribution in [0.15, 0.2) is 24.3 Å². The third-order valence-electron chi connectivity index (χ3n) is 8.92. The summed E-state index contributed by atoms with van der Waals surface area (Å²) in [7, 11) is 0. The van der Waals surface area contributed by atoms with E-state index in [4.69, 9.17) is 5.73 Å². The van der Waals surface area contributed by atoms with Gasteiger partial charge in [0.25, 0.3) is 0 Å². The van der Waals surface area contributed by atoms with E-state index in [2.05, 4.69) is 98.8 Å². The second-order valence-electron chi connectivity index (χ2n) is 18.8. The number of likely N-dealkylation sites (tertiary alicyclic amines) is 2. The molecular weight excluding hydrogens is 628 g/mol. The smallest absolute Gasteiger partial charge is 0.233 e. The third kappa shape index (κ3) is 17.7. The first-order chi connectivity index (χ1) is 22.9. The van der Waals surface area contributed by atoms with Crippen molar-refractivity contribution in [2.45, 2.75) is 121 Å². The molecule has 0 aromatic carbocycles. The van der Waals surface area contributed by atoms with Crippen LogP contribution in [0.25, 0.3) is 0 Å². The van der Waals surface area contributed by atoms with Crippen LogP contribution in [-0.2, 0) is 19.2 Å². The van der Waals surface area contributed by atoms with Gasteiger partial charge < -0.3 is 22.1 Å². The molecule has 10 heteroatoms. The monoisotopic (exact) mass is 704 g/mol. The summed E-state index contributed by atoms with van der Waals surface area (Å²) in [5, 5.41) is 6.31. The van der Waals surface area contributed by atoms with Crippen molar-refractivity contribution in [2.24, 2.45) is 39.2 Å². The maximum Gasteiger partial charge on any atom is 0.233 e. The lowest BCUT2D eigenvalue weighted by atomic mass is 9.72. The first kappa shape index (κ1) is 45.6. The molecule has 2 aliphatic rings. The molecule has 2 heterocycles. The van der Waals surface area contributed by atoms with E-state index < -0.39 is 0 Å². The number of amides is 4. The summed E-state index contributed by atoms with van der Waals surface area (Å²) in [6.07, 6.45) is 5.86. The van der Waals surface area contributed by atoms with E-state index in [-0.39, 0.29) is 57.1 Å². The van der Waals surface area contributed by atoms with Crippen molar-refractivity contribution in [1.29, 1.82) is 0 Å². The van der Waals surface area contributed by atoms with Crippen molar-refractivity contribution in [3.05, 3.63) is 24.3 Å². The number of carbonyl (C=O) groups is 4. The van der Waals surface area contributed by atoms with Crippen molar-refractivity contribution in [3.8, 4) is 0 Å². The molecular formula is C40H75N6O4+. The number of carbonyl (C=O) groups excluding carboxylic acids is 4. The Labute approximate surface area is 305 Å². The lowest BCUT2D eigenvalue weighted by Crippen LogP contribution is -2.54. The number of hydrogen-bond acceptors (Lipinski definition) is 7. The minimum Gasteiger partial charge on any atom is -0.357 e. The van der Waals surface area contributed by atoms with Crippen LogP contribution in [0, 0.1) is 33.5 Å². The fourth-order valence-corrected chi connectivity index (χ4v) is 8.34. The molecule has 288 valence electrons. The minimum absolute atomic E-state index is 0.0313. The SMILES string of the molecule is C=C(CC1CC(=O)N(CCNCCN)C1=O)CC(C)(C)CC(C)(C)C.C=C(CC1CC(=O)N(CCNCC[NH3+])C1=O)CC(C)(C)CC(C)(C)C. The Morgan fingerprint density at radius 2 is 1.04 bits per heavy atom. The van der Waals surface area contributed by atoms with Gasteiger partial charge in [0.15, 0.2) is 0 Å². The quantitative estimate of drug-likeness (QED) is 0.0815. The summed E-state index contributed by atoms with van der Waals surface area (Å²) >= 11 is 0. The predicted octanol–water partition coefficient (Wildman–Crippen LogP) is 4.70. The largest absolute Gasteiger partial charge is 0.357 e. The molecule has 2 unspecified atom stereocenters. The summed E-state index contributed by atoms with van der Waals surface area (Å²) in [5.74, 6) is -0.650. The second-order valence-corrected chi connectivity index (χ2v) is 18.8. The van der Waals surface area contributed by atoms with Gasteiger partial charge in [0.2, 0.25) is 23.6 Å². The van der Waals surface area contributed by atoms with Gasteiger partial charge in [-0.3, -0.25) is 29.0 Å². The van der Waals surface area contributed by atoms with Crippen molar-refractivity contribution in [2.75, 3.05) is 52.4 Å². The van der Waals surface area contributed by atoms with Gasteiger partial charge in [-0.15, -0.1) is 0 Å². The first-order valence-corrected chi connectivity index (χ1v) is 18.8. The van der Waals surface area contributed by atoms with E-state index in [1.54, 1.807) is 0 Å². The van der Waals surface area contributed by atoms with Gasteiger partial charge in [0.05, 0.1) is 18.4 Å². The third-order valence-corrected chi connectivity index (χ3v) is 8.92. The topological polar surface area (TPSA) is 152 Å². The highest BCUT2D eigenvalue weighted by Crippen LogP contribution is 2.40. The fourth-order valence-electron chi connectivity index (χ4n) is 8.34. The van der Waals surface area contributed by atoms with Crippen molar-refractivity contribution >= 4 is 23.6 Å². The molecule has 2 saturated heterocycles. The molecule has 0 bridgehead atoms. The van der Waals surface area contributed by atoms with Crippen molar-refractivity contribution < 1.29 is 24.9 Å². The maximum atomic E-state index is 12.5. The molecule has 4 amide bonds. The number of quaternary nitrogens is 1. The van der Waals surface area contributed by atoms with E-state index in [0.29, 0.717) is 65.0 Å². The van der Waals surface area contributed by atoms with Crippen LogP contribution in [0.5, 0.6) is 0 Å². The van der Waals surface area contributed by atoms with Gasteiger partial charge in [-0.25, -0.2) is 0 Å². The molecule has 50 heavy (non-hydrogen) atoms. The Hall–Kier alpha value is -2.40. The van der Waals surface area contributed by atoms with Crippen molar-refractivity contribution in [3.63, 3.8) is 0 Å². The summed E-state index contributed by atoms with van der Waals surface area (Å²) < 4.78 is 0. The molecule has 2 atom stereocenters. The molecule has 2 rings (SSSR count). The molecule has 7 N–H and O–H groups in total. The molecule has 10 nitrogen and oxygen atoms in total. The lowest BCUT2D eigenvalue weighted by Gasteiger charge is -2.33. The normalized spacial score (nSPS) is 19.0. The summed E-state index contributed by atoms with van der Waals surface area (Å²) in [6.45, 7) is 35.8. The molecule has 2 fully saturated rings. The zero-order valence-electron chi connectivity index (χ0n) is 33.7. The molecule has 0 spiro atoms. The molecule has 2 aliphatic heterocycles. The highest BCUT2D eigenvalue weighted by Gasteiger charge is 2.40. The number of allylic oxidation sites excluding steroid dienone is 2. The standard InChI is InChI=1S/2C20H37N3O2/c2*1-15(13-20(5,6)14-19(2,3)4)11-16-12-17(24)23(18(16)25)10-9-22-8-7-21/h2*16,22H,1,7-14,21H2,2-6H3/p+1. The van der Waals surface area contributed by atoms with E-state index in [0.717, 1.165) is 49.9 Å². The number of hydrogen-bond donors (Lipinski definition) is 4. The Kier molecular flexibility index (Phi) is 18.3. The van der Waals surface area contributed by atoms with E-state index in [9.17, 15) is 19.2 Å². The highest BCUT2D eigenvalue weighted by atomic mass is 16.2. The number of nitrogens with two attached hydrogens (primary N) is 1. The van der Waals surface area contributed by atoms with E-state index in [1.165, 1.54) is 9.80 Å². The highest BCUT2D eigenvalue weighted by molar-refractivity contribution is 6.04. The van der Waals surface area contributed by atoms with E-state index in [1.807, 2.05) is 0 Å². The minimum atomic E-state index is -0.236. The number of nitrogens with one attached hydrogen (secondary N) is 2. The van der Waals surface area contributed by atoms with Crippen LogP contribution >= 0.6 is 0 Å². The summed E-state index contributed by atoms with van der Waals surface area (Å²) in [4.78, 5) is 52.1. The zero-order chi connectivity index (χ0) is 38.5. The lowest BCUT2D eigenvalue weighted by molar-refractivity contribution is -0.365. The molecule has 0 aromatic rings. The van der Waals surface area contributed by atoms with Crippen LogP contribution < -0.4 is 22.1 Å². The molecule has 0 aliphatic carbocycles. The summed E-state index contributed by atoms with van der Waals surface area (Å²) in [6, 6.07) is 0. The zero-order valence-corrected chi connectivity index (χ0v) is 33.7. The van der Waals surface area contributed by atoms with E-state index >= 15 is 0 Å². The van der Waals surface area contributed by atoms with Gasteiger partial charge in [0.1, 0.15) is 0 Å². The number of rotatable bonds is 20. The Morgan fingerprint density at radius 3 is 1.36 bits per heavy atom. The number of imide groups is 2. The number of nitrogens with zero attached hydrogens (tertiary/aromatic N) is 2. The van der Waals surface area contributed by atoms with Gasteiger partial charge in [-0.05, 0) is 60.2 Å². The van der Waals surface area contributed by atoms with Gasteiger partial charge in [0, 0.05) is 58.7 Å². The average Bonchev–Trinajstić information content (AvgIpc) is 3.33. The van der Waals surface area contributed by atoms with Gasteiger partial charge >= 0.3 is 0 Å². The molecule has 0 aromatic heterocycles. The first-order valence-electron chi connectivity index (χ1n) is 18.8. The van der Waals surface area contributed by atoms with Crippen LogP contribution in [0.4, 0.5) is 0 Å². The summed E-state index contributed by atoms with van der Waals surface area (Å²) in [5.41, 5.74) is 12.2. The average molecular weight is 704 g/mol. The van der Waals surface area contributed by atoms with Gasteiger partial charge in [-0.1, -0.05) is 93.5 Å². The Balaban J connectivity index is 0.000000500. The Morgan fingerprint density at radius 1 is 0.680 bits per heavy atom. The molecule has 0 saturated carbocycles. The molecule has 0 radical (unpaired) electrons. The van der Waals surface area contributed by atoms with Crippen LogP contribution in [0.3, 0.4) is 0 Å². The predicted molar refractivity (Wildman–Crippen MR) is 205 cm³/mol.